The first-order valence-electron chi connectivity index (χ1n) is 8.26. The number of aryl methyl sites for hydroxylation is 1. The molecule has 1 atom stereocenters. The molecule has 0 aliphatic heterocycles. The van der Waals surface area contributed by atoms with Crippen LogP contribution in [0.15, 0.2) is 24.3 Å². The van der Waals surface area contributed by atoms with Crippen molar-refractivity contribution in [2.24, 2.45) is 0 Å². The average Bonchev–Trinajstić information content (AvgIpc) is 2.98. The van der Waals surface area contributed by atoms with Gasteiger partial charge >= 0.3 is 0 Å². The van der Waals surface area contributed by atoms with Crippen LogP contribution in [0.2, 0.25) is 0 Å². The van der Waals surface area contributed by atoms with Gasteiger partial charge < -0.3 is 4.74 Å². The second kappa shape index (κ2) is 8.63. The van der Waals surface area contributed by atoms with Crippen molar-refractivity contribution >= 4 is 34.0 Å². The Morgan fingerprint density at radius 2 is 1.96 bits per heavy atom. The maximum Gasteiger partial charge on any atom is 0.243 e. The largest absolute Gasteiger partial charge is 0.494 e. The molecule has 136 valence electrons. The number of rotatable bonds is 7. The summed E-state index contributed by atoms with van der Waals surface area (Å²) in [6.45, 7) is 8.79. The van der Waals surface area contributed by atoms with Crippen molar-refractivity contribution in [2.45, 2.75) is 51.3 Å². The zero-order valence-electron chi connectivity index (χ0n) is 15.0. The Morgan fingerprint density at radius 1 is 1.28 bits per heavy atom. The highest BCUT2D eigenvalue weighted by Gasteiger charge is 2.13. The number of benzene rings is 1. The van der Waals surface area contributed by atoms with Gasteiger partial charge in [-0.2, -0.15) is 0 Å². The third-order valence-corrected chi connectivity index (χ3v) is 4.68. The molecule has 1 unspecified atom stereocenters. The highest BCUT2D eigenvalue weighted by atomic mass is 35.5. The summed E-state index contributed by atoms with van der Waals surface area (Å²) in [6, 6.07) is 8.22. The topological polar surface area (TPSA) is 64.1 Å². The molecule has 0 saturated heterocycles. The van der Waals surface area contributed by atoms with Crippen molar-refractivity contribution in [3.05, 3.63) is 34.8 Å². The first-order valence-corrected chi connectivity index (χ1v) is 9.51. The normalized spacial score (nSPS) is 12.7. The summed E-state index contributed by atoms with van der Waals surface area (Å²) >= 11 is 7.07. The first kappa shape index (κ1) is 19.7. The van der Waals surface area contributed by atoms with Gasteiger partial charge in [-0.15, -0.1) is 21.8 Å². The molecule has 0 fully saturated rings. The SMILES string of the molecule is CC(Cl)C(=O)Nc1nnc(CCCOc2ccc(C(C)(C)C)cc2)s1. The van der Waals surface area contributed by atoms with Crippen LogP contribution >= 0.6 is 22.9 Å². The lowest BCUT2D eigenvalue weighted by molar-refractivity contribution is -0.115. The quantitative estimate of drug-likeness (QED) is 0.569. The van der Waals surface area contributed by atoms with Crippen LogP contribution in [0.3, 0.4) is 0 Å². The number of amides is 1. The lowest BCUT2D eigenvalue weighted by Crippen LogP contribution is -2.20. The van der Waals surface area contributed by atoms with E-state index in [1.165, 1.54) is 16.9 Å². The van der Waals surface area contributed by atoms with E-state index in [1.807, 2.05) is 12.1 Å². The standard InChI is InChI=1S/C18H24ClN3O2S/c1-12(19)16(23)20-17-22-21-15(25-17)6-5-11-24-14-9-7-13(8-10-14)18(2,3)4/h7-10,12H,5-6,11H2,1-4H3,(H,20,22,23). The van der Waals surface area contributed by atoms with Gasteiger partial charge in [0.2, 0.25) is 11.0 Å². The number of nitrogens with one attached hydrogen (secondary N) is 1. The molecular weight excluding hydrogens is 358 g/mol. The minimum atomic E-state index is -0.592. The van der Waals surface area contributed by atoms with Crippen LogP contribution in [0.4, 0.5) is 5.13 Å². The number of anilines is 1. The Labute approximate surface area is 157 Å². The van der Waals surface area contributed by atoms with Crippen molar-refractivity contribution in [1.82, 2.24) is 10.2 Å². The summed E-state index contributed by atoms with van der Waals surface area (Å²) in [5.41, 5.74) is 1.43. The third kappa shape index (κ3) is 6.29. The summed E-state index contributed by atoms with van der Waals surface area (Å²) in [5, 5.41) is 11.4. The number of nitrogens with zero attached hydrogens (tertiary/aromatic N) is 2. The van der Waals surface area contributed by atoms with Gasteiger partial charge in [0.25, 0.3) is 0 Å². The Hall–Kier alpha value is -1.66. The van der Waals surface area contributed by atoms with E-state index in [2.05, 4.69) is 48.4 Å². The summed E-state index contributed by atoms with van der Waals surface area (Å²) in [7, 11) is 0. The second-order valence-corrected chi connectivity index (χ2v) is 8.55. The van der Waals surface area contributed by atoms with Crippen LogP contribution in [0.25, 0.3) is 0 Å². The zero-order valence-corrected chi connectivity index (χ0v) is 16.6. The number of hydrogen-bond acceptors (Lipinski definition) is 5. The fourth-order valence-corrected chi connectivity index (χ4v) is 2.91. The number of alkyl halides is 1. The van der Waals surface area contributed by atoms with Crippen molar-refractivity contribution in [1.29, 1.82) is 0 Å². The number of aromatic nitrogens is 2. The fourth-order valence-electron chi connectivity index (χ4n) is 2.07. The molecule has 1 aromatic heterocycles. The lowest BCUT2D eigenvalue weighted by atomic mass is 9.87. The van der Waals surface area contributed by atoms with E-state index < -0.39 is 5.38 Å². The van der Waals surface area contributed by atoms with Crippen LogP contribution in [0.1, 0.15) is 44.7 Å². The molecule has 0 saturated carbocycles. The van der Waals surface area contributed by atoms with Gasteiger partial charge in [-0.25, -0.2) is 0 Å². The van der Waals surface area contributed by atoms with E-state index in [0.717, 1.165) is 23.6 Å². The molecule has 1 aromatic carbocycles. The highest BCUT2D eigenvalue weighted by Crippen LogP contribution is 2.24. The number of hydrogen-bond donors (Lipinski definition) is 1. The van der Waals surface area contributed by atoms with Gasteiger partial charge in [-0.3, -0.25) is 10.1 Å². The van der Waals surface area contributed by atoms with Gasteiger partial charge in [0, 0.05) is 6.42 Å². The predicted octanol–water partition coefficient (Wildman–Crippen LogP) is 4.41. The molecular formula is C18H24ClN3O2S. The fraction of sp³-hybridized carbons (Fsp3) is 0.500. The Kier molecular flexibility index (Phi) is 6.79. The molecule has 1 amide bonds. The summed E-state index contributed by atoms with van der Waals surface area (Å²) in [4.78, 5) is 11.5. The minimum Gasteiger partial charge on any atom is -0.494 e. The number of carbonyl (C=O) groups excluding carboxylic acids is 1. The Balaban J connectivity index is 1.74. The van der Waals surface area contributed by atoms with Crippen LogP contribution in [0, 0.1) is 0 Å². The lowest BCUT2D eigenvalue weighted by Gasteiger charge is -2.19. The molecule has 2 rings (SSSR count). The molecule has 0 spiro atoms. The molecule has 0 aliphatic rings. The summed E-state index contributed by atoms with van der Waals surface area (Å²) < 4.78 is 5.77. The molecule has 1 N–H and O–H groups in total. The van der Waals surface area contributed by atoms with Gasteiger partial charge in [-0.05, 0) is 36.5 Å². The van der Waals surface area contributed by atoms with E-state index >= 15 is 0 Å². The van der Waals surface area contributed by atoms with E-state index in [-0.39, 0.29) is 11.3 Å². The van der Waals surface area contributed by atoms with E-state index in [0.29, 0.717) is 11.7 Å². The smallest absolute Gasteiger partial charge is 0.243 e. The molecule has 0 radical (unpaired) electrons. The molecule has 0 aliphatic carbocycles. The van der Waals surface area contributed by atoms with Crippen LogP contribution in [-0.2, 0) is 16.6 Å². The third-order valence-electron chi connectivity index (χ3n) is 3.58. The predicted molar refractivity (Wildman–Crippen MR) is 103 cm³/mol. The molecule has 5 nitrogen and oxygen atoms in total. The van der Waals surface area contributed by atoms with Crippen LogP contribution in [-0.4, -0.2) is 28.1 Å². The molecule has 2 aromatic rings. The zero-order chi connectivity index (χ0) is 18.4. The van der Waals surface area contributed by atoms with Gasteiger partial charge in [-0.1, -0.05) is 44.2 Å². The van der Waals surface area contributed by atoms with Gasteiger partial charge in [0.1, 0.15) is 16.1 Å². The Bertz CT molecular complexity index is 693. The van der Waals surface area contributed by atoms with Crippen molar-refractivity contribution in [3.8, 4) is 5.75 Å². The second-order valence-electron chi connectivity index (χ2n) is 6.83. The minimum absolute atomic E-state index is 0.144. The molecule has 0 bridgehead atoms. The van der Waals surface area contributed by atoms with E-state index in [4.69, 9.17) is 16.3 Å². The van der Waals surface area contributed by atoms with Crippen LogP contribution in [0.5, 0.6) is 5.75 Å². The summed E-state index contributed by atoms with van der Waals surface area (Å²) in [5.74, 6) is 0.598. The number of ether oxygens (including phenoxy) is 1. The van der Waals surface area contributed by atoms with Crippen molar-refractivity contribution in [3.63, 3.8) is 0 Å². The average molecular weight is 382 g/mol. The first-order chi connectivity index (χ1) is 11.8. The highest BCUT2D eigenvalue weighted by molar-refractivity contribution is 7.15. The van der Waals surface area contributed by atoms with Crippen molar-refractivity contribution < 1.29 is 9.53 Å². The molecule has 1 heterocycles. The van der Waals surface area contributed by atoms with E-state index in [1.54, 1.807) is 6.92 Å². The maximum atomic E-state index is 11.5. The maximum absolute atomic E-state index is 11.5. The monoisotopic (exact) mass is 381 g/mol. The molecule has 25 heavy (non-hydrogen) atoms. The van der Waals surface area contributed by atoms with Crippen LogP contribution < -0.4 is 10.1 Å². The Morgan fingerprint density at radius 3 is 2.56 bits per heavy atom. The van der Waals surface area contributed by atoms with Gasteiger partial charge in [0.05, 0.1) is 6.61 Å². The van der Waals surface area contributed by atoms with Gasteiger partial charge in [0.15, 0.2) is 0 Å². The number of halogens is 1. The van der Waals surface area contributed by atoms with E-state index in [9.17, 15) is 4.79 Å². The number of carbonyl (C=O) groups is 1. The summed E-state index contributed by atoms with van der Waals surface area (Å²) in [6.07, 6.45) is 1.58. The van der Waals surface area contributed by atoms with Crippen molar-refractivity contribution in [2.75, 3.05) is 11.9 Å². The molecule has 7 heteroatoms.